The molecule has 2 heterocycles. The molecule has 9 nitrogen and oxygen atoms in total. The van der Waals surface area contributed by atoms with E-state index in [9.17, 15) is 31.9 Å². The van der Waals surface area contributed by atoms with Crippen LogP contribution in [0.15, 0.2) is 60.2 Å². The fourth-order valence-corrected chi connectivity index (χ4v) is 4.82. The molecule has 0 radical (unpaired) electrons. The Balaban J connectivity index is 1.26. The summed E-state index contributed by atoms with van der Waals surface area (Å²) in [6, 6.07) is 9.69. The molecule has 1 aliphatic carbocycles. The third kappa shape index (κ3) is 6.73. The maximum absolute atomic E-state index is 15.0. The maximum atomic E-state index is 15.0. The number of aromatic nitrogens is 3. The third-order valence-corrected chi connectivity index (χ3v) is 7.31. The molecule has 43 heavy (non-hydrogen) atoms. The molecule has 1 saturated carbocycles. The quantitative estimate of drug-likeness (QED) is 0.159. The molecule has 2 aromatic heterocycles. The number of nitrogens with zero attached hydrogens (tertiary/aromatic N) is 3. The van der Waals surface area contributed by atoms with E-state index >= 15 is 0 Å². The first-order chi connectivity index (χ1) is 20.7. The molecule has 3 amide bonds. The number of benzene rings is 2. The molecule has 3 N–H and O–H groups in total. The van der Waals surface area contributed by atoms with E-state index in [1.165, 1.54) is 29.5 Å². The van der Waals surface area contributed by atoms with Crippen LogP contribution in [-0.4, -0.2) is 39.0 Å². The Morgan fingerprint density at radius 3 is 2.53 bits per heavy atom. The minimum Gasteiger partial charge on any atom is -0.344 e. The normalized spacial score (nSPS) is 13.1. The molecule has 2 aromatic carbocycles. The number of amides is 3. The molecule has 0 bridgehead atoms. The van der Waals surface area contributed by atoms with Crippen LogP contribution in [0, 0.1) is 23.5 Å². The van der Waals surface area contributed by atoms with Gasteiger partial charge in [0.15, 0.2) is 16.6 Å². The number of nitrogens with one attached hydrogen (secondary N) is 3. The van der Waals surface area contributed by atoms with E-state index < -0.39 is 41.4 Å². The van der Waals surface area contributed by atoms with Crippen molar-refractivity contribution in [1.82, 2.24) is 30.7 Å². The molecule has 14 heteroatoms. The summed E-state index contributed by atoms with van der Waals surface area (Å²) >= 11 is 1.34. The van der Waals surface area contributed by atoms with Crippen molar-refractivity contribution in [1.29, 1.82) is 0 Å². The van der Waals surface area contributed by atoms with Crippen molar-refractivity contribution in [3.8, 4) is 23.1 Å². The first kappa shape index (κ1) is 29.5. The van der Waals surface area contributed by atoms with Crippen LogP contribution in [0.2, 0.25) is 0 Å². The van der Waals surface area contributed by atoms with Crippen molar-refractivity contribution in [2.24, 2.45) is 0 Å². The van der Waals surface area contributed by atoms with E-state index in [0.29, 0.717) is 28.1 Å². The highest BCUT2D eigenvalue weighted by molar-refractivity contribution is 7.10. The number of thiazole rings is 1. The first-order valence-corrected chi connectivity index (χ1v) is 13.7. The van der Waals surface area contributed by atoms with Gasteiger partial charge in [0.05, 0.1) is 17.8 Å². The van der Waals surface area contributed by atoms with Crippen LogP contribution < -0.4 is 16.0 Å². The third-order valence-electron chi connectivity index (χ3n) is 6.62. The van der Waals surface area contributed by atoms with Crippen LogP contribution in [0.3, 0.4) is 0 Å². The van der Waals surface area contributed by atoms with E-state index in [4.69, 9.17) is 0 Å². The Morgan fingerprint density at radius 2 is 1.84 bits per heavy atom. The van der Waals surface area contributed by atoms with Gasteiger partial charge in [-0.05, 0) is 48.6 Å². The van der Waals surface area contributed by atoms with Crippen molar-refractivity contribution in [2.45, 2.75) is 31.5 Å². The van der Waals surface area contributed by atoms with E-state index in [-0.39, 0.29) is 35.5 Å². The lowest BCUT2D eigenvalue weighted by Gasteiger charge is -2.21. The molecule has 0 saturated heterocycles. The van der Waals surface area contributed by atoms with Crippen LogP contribution in [-0.2, 0) is 21.7 Å². The van der Waals surface area contributed by atoms with Gasteiger partial charge in [0.25, 0.3) is 5.91 Å². The van der Waals surface area contributed by atoms with Gasteiger partial charge in [-0.2, -0.15) is 13.9 Å². The van der Waals surface area contributed by atoms with Crippen LogP contribution in [0.1, 0.15) is 45.9 Å². The lowest BCUT2D eigenvalue weighted by Crippen LogP contribution is -2.40. The summed E-state index contributed by atoms with van der Waals surface area (Å²) in [7, 11) is 0. The number of rotatable bonds is 8. The predicted molar refractivity (Wildman–Crippen MR) is 148 cm³/mol. The van der Waals surface area contributed by atoms with Gasteiger partial charge in [0, 0.05) is 41.0 Å². The molecule has 0 aliphatic heterocycles. The van der Waals surface area contributed by atoms with Crippen LogP contribution >= 0.6 is 11.3 Å². The van der Waals surface area contributed by atoms with Crippen molar-refractivity contribution < 1.29 is 31.9 Å². The molecular formula is C29H22F4N6O3S. The second-order valence-corrected chi connectivity index (χ2v) is 10.4. The number of alkyl halides is 2. The van der Waals surface area contributed by atoms with Gasteiger partial charge < -0.3 is 16.0 Å². The zero-order valence-electron chi connectivity index (χ0n) is 22.2. The van der Waals surface area contributed by atoms with Crippen molar-refractivity contribution in [3.63, 3.8) is 0 Å². The highest BCUT2D eigenvalue weighted by Gasteiger charge is 2.48. The lowest BCUT2D eigenvalue weighted by molar-refractivity contribution is -0.139. The Kier molecular flexibility index (Phi) is 8.53. The highest BCUT2D eigenvalue weighted by Crippen LogP contribution is 2.48. The number of carbonyl (C=O) groups excluding carboxylic acids is 3. The molecule has 220 valence electrons. The summed E-state index contributed by atoms with van der Waals surface area (Å²) in [5.74, 6) is 0.586. The first-order valence-electron chi connectivity index (χ1n) is 12.8. The van der Waals surface area contributed by atoms with Crippen LogP contribution in [0.4, 0.5) is 17.6 Å². The van der Waals surface area contributed by atoms with Crippen LogP contribution in [0.5, 0.6) is 0 Å². The lowest BCUT2D eigenvalue weighted by atomic mass is 9.98. The molecule has 1 fully saturated rings. The number of carbonyl (C=O) groups is 3. The van der Waals surface area contributed by atoms with Crippen molar-refractivity contribution >= 4 is 29.1 Å². The molecule has 4 aromatic rings. The Hall–Kier alpha value is -5.03. The van der Waals surface area contributed by atoms with Crippen molar-refractivity contribution in [3.05, 3.63) is 93.6 Å². The monoisotopic (exact) mass is 610 g/mol. The van der Waals surface area contributed by atoms with E-state index in [1.54, 1.807) is 29.8 Å². The minimum absolute atomic E-state index is 0.0132. The zero-order valence-corrected chi connectivity index (χ0v) is 23.0. The second-order valence-electron chi connectivity index (χ2n) is 9.48. The largest absolute Gasteiger partial charge is 0.344 e. The van der Waals surface area contributed by atoms with Gasteiger partial charge in [-0.15, -0.1) is 11.3 Å². The second kappa shape index (κ2) is 12.5. The summed E-state index contributed by atoms with van der Waals surface area (Å²) in [4.78, 5) is 41.7. The summed E-state index contributed by atoms with van der Waals surface area (Å²) in [6.45, 7) is -3.14. The molecule has 5 rings (SSSR count). The molecule has 0 unspecified atom stereocenters. The van der Waals surface area contributed by atoms with Crippen molar-refractivity contribution in [2.75, 3.05) is 6.54 Å². The summed E-state index contributed by atoms with van der Waals surface area (Å²) in [6.07, 6.45) is 3.22. The van der Waals surface area contributed by atoms with E-state index in [1.807, 2.05) is 0 Å². The average Bonchev–Trinajstić information content (AvgIpc) is 3.36. The average molecular weight is 611 g/mol. The Bertz CT molecular complexity index is 1740. The molecule has 1 aliphatic rings. The molecule has 0 spiro atoms. The molecule has 0 atom stereocenters. The van der Waals surface area contributed by atoms with Crippen LogP contribution in [0.25, 0.3) is 11.3 Å². The summed E-state index contributed by atoms with van der Waals surface area (Å²) in [5.41, 5.74) is -0.763. The van der Waals surface area contributed by atoms with Gasteiger partial charge in [-0.1, -0.05) is 24.1 Å². The topological polar surface area (TPSA) is 118 Å². The van der Waals surface area contributed by atoms with E-state index in [2.05, 4.69) is 37.9 Å². The number of hydrogen-bond donors (Lipinski definition) is 3. The van der Waals surface area contributed by atoms with E-state index in [0.717, 1.165) is 12.3 Å². The predicted octanol–water partition coefficient (Wildman–Crippen LogP) is 3.88. The number of halogens is 4. The van der Waals surface area contributed by atoms with Gasteiger partial charge in [-0.25, -0.2) is 18.4 Å². The zero-order chi connectivity index (χ0) is 30.6. The van der Waals surface area contributed by atoms with Gasteiger partial charge in [-0.3, -0.25) is 14.4 Å². The fraction of sp³-hybridized carbons (Fsp3) is 0.207. The maximum Gasteiger partial charge on any atom is 0.333 e. The minimum atomic E-state index is -2.90. The number of hydrogen-bond acceptors (Lipinski definition) is 6. The summed E-state index contributed by atoms with van der Waals surface area (Å²) < 4.78 is 56.0. The Labute approximate surface area is 246 Å². The summed E-state index contributed by atoms with van der Waals surface area (Å²) in [5, 5.41) is 13.6. The SMILES string of the molecule is O=C(NCC#Cc1nccs1)C(=O)NCc1ccccc1C(=O)NC1(c2cc(-c3ccn(C(F)F)n3)cc(F)c2F)CC1. The fourth-order valence-electron chi connectivity index (χ4n) is 4.32. The van der Waals surface area contributed by atoms with Gasteiger partial charge in [0.1, 0.15) is 0 Å². The molecular weight excluding hydrogens is 588 g/mol. The standard InChI is InChI=1S/C29H22F4N6O3S/c30-21-15-18(22-7-12-39(38-22)28(32)33)14-20(24(21)31)29(8-9-29)37-25(40)19-5-2-1-4-17(19)16-36-27(42)26(41)35-10-3-6-23-34-11-13-43-23/h1-2,4-5,7,11-15,28H,8-10,16H2,(H,35,41)(H,36,42)(H,37,40). The van der Waals surface area contributed by atoms with Gasteiger partial charge in [0.2, 0.25) is 0 Å². The van der Waals surface area contributed by atoms with Gasteiger partial charge >= 0.3 is 18.4 Å². The smallest absolute Gasteiger partial charge is 0.333 e. The highest BCUT2D eigenvalue weighted by atomic mass is 32.1. The Morgan fingerprint density at radius 1 is 1.07 bits per heavy atom.